The zero-order valence-electron chi connectivity index (χ0n) is 17.4. The van der Waals surface area contributed by atoms with Gasteiger partial charge in [0.15, 0.2) is 0 Å². The van der Waals surface area contributed by atoms with Crippen LogP contribution >= 0.6 is 11.3 Å². The number of fused-ring (bicyclic) bond motifs is 1. The van der Waals surface area contributed by atoms with Gasteiger partial charge in [-0.15, -0.1) is 0 Å². The van der Waals surface area contributed by atoms with Crippen LogP contribution in [0.4, 0.5) is 5.69 Å². The van der Waals surface area contributed by atoms with Crippen LogP contribution in [0.15, 0.2) is 58.2 Å². The van der Waals surface area contributed by atoms with E-state index in [1.54, 1.807) is 16.4 Å². The molecule has 31 heavy (non-hydrogen) atoms. The first-order valence-electron chi connectivity index (χ1n) is 10.3. The lowest BCUT2D eigenvalue weighted by Crippen LogP contribution is -2.47. The molecule has 0 bridgehead atoms. The molecule has 0 aliphatic carbocycles. The van der Waals surface area contributed by atoms with Gasteiger partial charge in [-0.3, -0.25) is 14.2 Å². The number of nitrogens with one attached hydrogen (secondary N) is 1. The van der Waals surface area contributed by atoms with Crippen LogP contribution in [0.3, 0.4) is 0 Å². The second-order valence-electron chi connectivity index (χ2n) is 7.96. The zero-order chi connectivity index (χ0) is 22.2. The lowest BCUT2D eigenvalue weighted by atomic mass is 10.0. The molecule has 2 atom stereocenters. The van der Waals surface area contributed by atoms with Crippen LogP contribution in [-0.4, -0.2) is 35.3 Å². The molecule has 1 fully saturated rings. The van der Waals surface area contributed by atoms with Crippen molar-refractivity contribution in [3.05, 3.63) is 58.2 Å². The highest BCUT2D eigenvalue weighted by Gasteiger charge is 2.35. The Labute approximate surface area is 185 Å². The van der Waals surface area contributed by atoms with E-state index in [1.807, 2.05) is 38.1 Å². The summed E-state index contributed by atoms with van der Waals surface area (Å²) in [6.45, 7) is 3.78. The number of piperidine rings is 1. The molecule has 1 N–H and O–H groups in total. The molecular weight excluding hydrogens is 434 g/mol. The van der Waals surface area contributed by atoms with Crippen LogP contribution in [0, 0.1) is 0 Å². The van der Waals surface area contributed by atoms with Gasteiger partial charge in [0.1, 0.15) is 6.54 Å². The number of aromatic nitrogens is 1. The fraction of sp³-hybridized carbons (Fsp3) is 0.364. The summed E-state index contributed by atoms with van der Waals surface area (Å²) in [7, 11) is -3.60. The lowest BCUT2D eigenvalue weighted by molar-refractivity contribution is -0.116. The topological polar surface area (TPSA) is 88.5 Å². The molecule has 1 saturated heterocycles. The summed E-state index contributed by atoms with van der Waals surface area (Å²) in [5, 5.41) is 2.75. The van der Waals surface area contributed by atoms with E-state index in [2.05, 4.69) is 5.32 Å². The summed E-state index contributed by atoms with van der Waals surface area (Å²) in [6.07, 6.45) is 2.74. The molecule has 9 heteroatoms. The van der Waals surface area contributed by atoms with Gasteiger partial charge in [0.05, 0.1) is 15.1 Å². The van der Waals surface area contributed by atoms with Crippen molar-refractivity contribution in [2.24, 2.45) is 0 Å². The summed E-state index contributed by atoms with van der Waals surface area (Å²) >= 11 is 1.10. The number of anilines is 1. The highest BCUT2D eigenvalue weighted by atomic mass is 32.2. The van der Waals surface area contributed by atoms with Gasteiger partial charge < -0.3 is 5.32 Å². The SMILES string of the molecule is CC1CCCC(C)N1S(=O)(=O)c1ccc(NC(=O)Cn2c(=O)sc3ccccc32)cc1. The number of rotatable bonds is 5. The second-order valence-corrected chi connectivity index (χ2v) is 10.8. The van der Waals surface area contributed by atoms with Crippen LogP contribution in [0.2, 0.25) is 0 Å². The van der Waals surface area contributed by atoms with Gasteiger partial charge in [-0.05, 0) is 63.1 Å². The number of hydrogen-bond acceptors (Lipinski definition) is 5. The Kier molecular flexibility index (Phi) is 6.00. The summed E-state index contributed by atoms with van der Waals surface area (Å²) in [4.78, 5) is 24.7. The maximum Gasteiger partial charge on any atom is 0.308 e. The van der Waals surface area contributed by atoms with E-state index in [4.69, 9.17) is 0 Å². The molecule has 4 rings (SSSR count). The van der Waals surface area contributed by atoms with E-state index in [9.17, 15) is 18.0 Å². The Morgan fingerprint density at radius 3 is 2.39 bits per heavy atom. The van der Waals surface area contributed by atoms with Crippen molar-refractivity contribution in [3.8, 4) is 0 Å². The van der Waals surface area contributed by atoms with Crippen molar-refractivity contribution in [2.75, 3.05) is 5.32 Å². The van der Waals surface area contributed by atoms with E-state index in [-0.39, 0.29) is 34.3 Å². The molecule has 1 aliphatic rings. The van der Waals surface area contributed by atoms with Crippen LogP contribution in [0.5, 0.6) is 0 Å². The molecule has 3 aromatic rings. The average molecular weight is 460 g/mol. The monoisotopic (exact) mass is 459 g/mol. The molecule has 7 nitrogen and oxygen atoms in total. The number of carbonyl (C=O) groups is 1. The Hall–Kier alpha value is -2.49. The predicted octanol–water partition coefficient (Wildman–Crippen LogP) is 3.65. The van der Waals surface area contributed by atoms with Crippen molar-refractivity contribution >= 4 is 43.2 Å². The minimum absolute atomic E-state index is 0.0353. The van der Waals surface area contributed by atoms with E-state index < -0.39 is 10.0 Å². The number of benzene rings is 2. The Morgan fingerprint density at radius 1 is 1.06 bits per heavy atom. The summed E-state index contributed by atoms with van der Waals surface area (Å²) in [6, 6.07) is 13.5. The van der Waals surface area contributed by atoms with Gasteiger partial charge >= 0.3 is 4.87 Å². The van der Waals surface area contributed by atoms with Crippen LogP contribution in [0.25, 0.3) is 10.2 Å². The first kappa shape index (κ1) is 21.7. The van der Waals surface area contributed by atoms with Crippen LogP contribution in [-0.2, 0) is 21.4 Å². The third kappa shape index (κ3) is 4.30. The summed E-state index contributed by atoms with van der Waals surface area (Å²) in [5.41, 5.74) is 1.20. The Bertz CT molecular complexity index is 1250. The van der Waals surface area contributed by atoms with E-state index in [0.717, 1.165) is 40.8 Å². The highest BCUT2D eigenvalue weighted by molar-refractivity contribution is 7.89. The third-order valence-corrected chi connectivity index (χ3v) is 8.80. The average Bonchev–Trinajstić information content (AvgIpc) is 3.03. The fourth-order valence-electron chi connectivity index (χ4n) is 4.21. The van der Waals surface area contributed by atoms with Gasteiger partial charge in [0.25, 0.3) is 0 Å². The number of thiazole rings is 1. The highest BCUT2D eigenvalue weighted by Crippen LogP contribution is 2.30. The van der Waals surface area contributed by atoms with Crippen molar-refractivity contribution in [1.29, 1.82) is 0 Å². The first-order valence-corrected chi connectivity index (χ1v) is 12.5. The van der Waals surface area contributed by atoms with Crippen molar-refractivity contribution < 1.29 is 13.2 Å². The molecule has 2 unspecified atom stereocenters. The van der Waals surface area contributed by atoms with Gasteiger partial charge in [-0.1, -0.05) is 29.9 Å². The first-order chi connectivity index (χ1) is 14.8. The zero-order valence-corrected chi connectivity index (χ0v) is 19.1. The molecule has 0 saturated carbocycles. The number of amides is 1. The minimum atomic E-state index is -3.60. The number of hydrogen-bond donors (Lipinski definition) is 1. The van der Waals surface area contributed by atoms with Crippen molar-refractivity contribution in [3.63, 3.8) is 0 Å². The molecular formula is C22H25N3O4S2. The standard InChI is InChI=1S/C22H25N3O4S2/c1-15-6-5-7-16(2)25(15)31(28,29)18-12-10-17(11-13-18)23-21(26)14-24-19-8-3-4-9-20(19)30-22(24)27/h3-4,8-13,15-16H,5-7,14H2,1-2H3,(H,23,26). The summed E-state index contributed by atoms with van der Waals surface area (Å²) < 4.78 is 30.1. The number of sulfonamides is 1. The molecule has 0 spiro atoms. The molecule has 164 valence electrons. The molecule has 2 heterocycles. The van der Waals surface area contributed by atoms with Gasteiger partial charge in [-0.25, -0.2) is 8.42 Å². The largest absolute Gasteiger partial charge is 0.325 e. The molecule has 1 amide bonds. The lowest BCUT2D eigenvalue weighted by Gasteiger charge is -2.37. The van der Waals surface area contributed by atoms with Gasteiger partial charge in [0.2, 0.25) is 15.9 Å². The van der Waals surface area contributed by atoms with E-state index >= 15 is 0 Å². The van der Waals surface area contributed by atoms with Crippen molar-refractivity contribution in [2.45, 2.75) is 56.6 Å². The van der Waals surface area contributed by atoms with Crippen LogP contribution in [0.1, 0.15) is 33.1 Å². The molecule has 2 aromatic carbocycles. The van der Waals surface area contributed by atoms with E-state index in [1.165, 1.54) is 16.7 Å². The van der Waals surface area contributed by atoms with Crippen molar-refractivity contribution in [1.82, 2.24) is 8.87 Å². The predicted molar refractivity (Wildman–Crippen MR) is 123 cm³/mol. The summed E-state index contributed by atoms with van der Waals surface area (Å²) in [5.74, 6) is -0.348. The van der Waals surface area contributed by atoms with Gasteiger partial charge in [0, 0.05) is 17.8 Å². The van der Waals surface area contributed by atoms with Gasteiger partial charge in [-0.2, -0.15) is 4.31 Å². The number of carbonyl (C=O) groups excluding carboxylic acids is 1. The maximum atomic E-state index is 13.1. The molecule has 1 aliphatic heterocycles. The number of nitrogens with zero attached hydrogens (tertiary/aromatic N) is 2. The Morgan fingerprint density at radius 2 is 1.71 bits per heavy atom. The number of para-hydroxylation sites is 1. The smallest absolute Gasteiger partial charge is 0.308 e. The second kappa shape index (κ2) is 8.57. The normalized spacial score (nSPS) is 20.1. The molecule has 1 aromatic heterocycles. The quantitative estimate of drug-likeness (QED) is 0.631. The minimum Gasteiger partial charge on any atom is -0.325 e. The Balaban J connectivity index is 1.49. The van der Waals surface area contributed by atoms with E-state index in [0.29, 0.717) is 5.69 Å². The maximum absolute atomic E-state index is 13.1. The third-order valence-electron chi connectivity index (χ3n) is 5.70. The fourth-order valence-corrected chi connectivity index (χ4v) is 6.98. The molecule has 0 radical (unpaired) electrons. The van der Waals surface area contributed by atoms with Crippen LogP contribution < -0.4 is 10.2 Å².